The number of aliphatic hydroxyl groups is 3. The predicted octanol–water partition coefficient (Wildman–Crippen LogP) is 4.56. The first-order chi connectivity index (χ1) is 27.3. The molecule has 6 rings (SSSR count). The van der Waals surface area contributed by atoms with Crippen LogP contribution in [-0.2, 0) is 23.8 Å². The van der Waals surface area contributed by atoms with Crippen LogP contribution in [0, 0.1) is 30.6 Å². The Morgan fingerprint density at radius 2 is 1.66 bits per heavy atom. The van der Waals surface area contributed by atoms with Crippen molar-refractivity contribution in [2.24, 2.45) is 23.7 Å². The molecular formula is C43H48N2O13. The lowest BCUT2D eigenvalue weighted by Crippen LogP contribution is -2.46. The van der Waals surface area contributed by atoms with Gasteiger partial charge in [-0.1, -0.05) is 52.0 Å². The molecule has 58 heavy (non-hydrogen) atoms. The van der Waals surface area contributed by atoms with Gasteiger partial charge < -0.3 is 49.1 Å². The van der Waals surface area contributed by atoms with E-state index in [1.807, 2.05) is 0 Å². The first kappa shape index (κ1) is 41.9. The number of phenolic OH excluding ortho intramolecular Hbond substituents is 1. The fourth-order valence-corrected chi connectivity index (χ4v) is 7.81. The number of anilines is 1. The van der Waals surface area contributed by atoms with Crippen molar-refractivity contribution in [3.05, 3.63) is 85.6 Å². The highest BCUT2D eigenvalue weighted by Crippen LogP contribution is 2.42. The molecule has 15 nitrogen and oxygen atoms in total. The Kier molecular flexibility index (Phi) is 11.5. The maximum atomic E-state index is 14.5. The zero-order valence-corrected chi connectivity index (χ0v) is 33.6. The zero-order chi connectivity index (χ0) is 42.5. The zero-order valence-electron chi connectivity index (χ0n) is 33.6. The van der Waals surface area contributed by atoms with Crippen LogP contribution in [0.5, 0.6) is 11.5 Å². The van der Waals surface area contributed by atoms with Crippen molar-refractivity contribution >= 4 is 56.3 Å². The second kappa shape index (κ2) is 15.9. The van der Waals surface area contributed by atoms with E-state index in [1.165, 1.54) is 71.4 Å². The molecule has 308 valence electrons. The van der Waals surface area contributed by atoms with Gasteiger partial charge in [-0.3, -0.25) is 19.2 Å². The van der Waals surface area contributed by atoms with E-state index in [9.17, 15) is 39.6 Å². The molecule has 15 heteroatoms. The van der Waals surface area contributed by atoms with Crippen LogP contribution in [0.25, 0.3) is 38.7 Å². The Hall–Kier alpha value is -5.77. The van der Waals surface area contributed by atoms with Crippen LogP contribution >= 0.6 is 0 Å². The lowest BCUT2D eigenvalue weighted by molar-refractivity contribution is -0.160. The Labute approximate surface area is 332 Å². The minimum Gasteiger partial charge on any atom is -0.507 e. The molecule has 5 N–H and O–H groups in total. The molecule has 3 aromatic carbocycles. The van der Waals surface area contributed by atoms with Gasteiger partial charge in [0.2, 0.25) is 10.9 Å². The van der Waals surface area contributed by atoms with E-state index in [0.717, 1.165) is 0 Å². The highest BCUT2D eigenvalue weighted by atomic mass is 16.7. The fourth-order valence-electron chi connectivity index (χ4n) is 7.81. The predicted molar refractivity (Wildman–Crippen MR) is 215 cm³/mol. The standard InChI is InChI=1S/C43H48N2O13/c1-18-12-10-13-19(2)42(53)45-33-37(51)29-28(32-40(33)57-27-15-11-14-25(47)31(27)44-32)30-39(23(6)36(29)50)58-43(8,41(30)52)55-17-16-26(54-9)20(3)38(56-24(7)46)22(5)35(49)21(4)34(18)48/h10-18,20-22,26,34-35,38,48-50,52H,1-9H3,(H,45,53)/t18-,20+,21+,22+,26-,34-,35+,38+,43-/m0/s1. The number of rotatable bonds is 2. The summed E-state index contributed by atoms with van der Waals surface area (Å²) >= 11 is 0. The largest absolute Gasteiger partial charge is 0.507 e. The van der Waals surface area contributed by atoms with Gasteiger partial charge in [0.05, 0.1) is 35.2 Å². The van der Waals surface area contributed by atoms with Crippen LogP contribution in [0.4, 0.5) is 5.69 Å². The number of phenols is 1. The molecule has 0 aliphatic carbocycles. The van der Waals surface area contributed by atoms with E-state index in [2.05, 4.69) is 10.3 Å². The number of nitrogens with zero attached hydrogens (tertiary/aromatic N) is 1. The van der Waals surface area contributed by atoms with Gasteiger partial charge >= 0.3 is 11.8 Å². The SMILES string of the molecule is CO[C@H]1C=CO[C@@]2(C)Oc3c(C)c(O)c4c(=O)c(c5oc6cccc(=O)c6nc5c4c3=C2O)NC(=O)C(C)=CC=C[C@H](C)[C@H](O)[C@@H](C)[C@@H](O)[C@@H](C)[C@H](OC(C)=O)[C@@H]1C. The third kappa shape index (κ3) is 7.18. The topological polar surface area (TPSA) is 224 Å². The number of methoxy groups -OCH3 is 1. The van der Waals surface area contributed by atoms with Gasteiger partial charge in [0.25, 0.3) is 5.91 Å². The third-order valence-electron chi connectivity index (χ3n) is 11.4. The summed E-state index contributed by atoms with van der Waals surface area (Å²) in [4.78, 5) is 58.1. The second-order valence-electron chi connectivity index (χ2n) is 15.3. The number of esters is 1. The van der Waals surface area contributed by atoms with E-state index in [1.54, 1.807) is 39.8 Å². The van der Waals surface area contributed by atoms with E-state index in [-0.39, 0.29) is 60.8 Å². The first-order valence-corrected chi connectivity index (χ1v) is 18.9. The summed E-state index contributed by atoms with van der Waals surface area (Å²) in [6, 6.07) is 4.19. The number of carbonyl (C=O) groups is 2. The minimum atomic E-state index is -1.96. The molecule has 0 radical (unpaired) electrons. The molecule has 0 fully saturated rings. The molecule has 4 bridgehead atoms. The van der Waals surface area contributed by atoms with Crippen LogP contribution < -0.4 is 26.1 Å². The number of fused-ring (bicyclic) bond motifs is 2. The molecule has 2 aliphatic heterocycles. The number of hydrogen-bond acceptors (Lipinski definition) is 14. The summed E-state index contributed by atoms with van der Waals surface area (Å²) in [5, 5.41) is 48.5. The first-order valence-electron chi connectivity index (χ1n) is 18.9. The molecule has 9 atom stereocenters. The number of para-hydroxylation sites is 1. The summed E-state index contributed by atoms with van der Waals surface area (Å²) in [7, 11) is 1.44. The van der Waals surface area contributed by atoms with Gasteiger partial charge in [-0.15, -0.1) is 0 Å². The van der Waals surface area contributed by atoms with Crippen molar-refractivity contribution in [1.29, 1.82) is 0 Å². The molecule has 3 heterocycles. The smallest absolute Gasteiger partial charge is 0.307 e. The number of benzene rings is 3. The Morgan fingerprint density at radius 3 is 2.33 bits per heavy atom. The van der Waals surface area contributed by atoms with Crippen LogP contribution in [0.3, 0.4) is 0 Å². The number of allylic oxidation sites excluding steroid dienone is 2. The van der Waals surface area contributed by atoms with Gasteiger partial charge in [-0.2, -0.15) is 0 Å². The maximum Gasteiger partial charge on any atom is 0.307 e. The Balaban J connectivity index is 1.63. The van der Waals surface area contributed by atoms with Gasteiger partial charge in [0, 0.05) is 61.2 Å². The van der Waals surface area contributed by atoms with E-state index >= 15 is 0 Å². The maximum absolute atomic E-state index is 14.5. The Bertz CT molecular complexity index is 2600. The number of carbonyl (C=O) groups excluding carboxylic acids is 2. The number of aromatic nitrogens is 1. The average molecular weight is 801 g/mol. The van der Waals surface area contributed by atoms with E-state index in [4.69, 9.17) is 23.4 Å². The summed E-state index contributed by atoms with van der Waals surface area (Å²) in [5.41, 5.74) is -2.07. The highest BCUT2D eigenvalue weighted by molar-refractivity contribution is 6.16. The van der Waals surface area contributed by atoms with Crippen molar-refractivity contribution in [3.8, 4) is 11.5 Å². The number of hydrogen-bond donors (Lipinski definition) is 5. The minimum absolute atomic E-state index is 0.00694. The summed E-state index contributed by atoms with van der Waals surface area (Å²) < 4.78 is 29.9. The number of amides is 1. The molecule has 2 aliphatic rings. The quantitative estimate of drug-likeness (QED) is 0.107. The van der Waals surface area contributed by atoms with Crippen LogP contribution in [0.2, 0.25) is 0 Å². The van der Waals surface area contributed by atoms with Gasteiger partial charge in [-0.05, 0) is 32.1 Å². The molecule has 1 aromatic heterocycles. The van der Waals surface area contributed by atoms with E-state index in [0.29, 0.717) is 0 Å². The van der Waals surface area contributed by atoms with E-state index < -0.39 is 88.1 Å². The lowest BCUT2D eigenvalue weighted by atomic mass is 9.78. The van der Waals surface area contributed by atoms with Crippen molar-refractivity contribution in [1.82, 2.24) is 4.98 Å². The van der Waals surface area contributed by atoms with Gasteiger partial charge in [-0.25, -0.2) is 4.98 Å². The van der Waals surface area contributed by atoms with Crippen molar-refractivity contribution in [3.63, 3.8) is 0 Å². The molecule has 0 saturated carbocycles. The Morgan fingerprint density at radius 1 is 0.948 bits per heavy atom. The van der Waals surface area contributed by atoms with Crippen LogP contribution in [0.1, 0.15) is 54.0 Å². The van der Waals surface area contributed by atoms with Crippen LogP contribution in [0.15, 0.2) is 68.3 Å². The van der Waals surface area contributed by atoms with Gasteiger partial charge in [0.1, 0.15) is 28.8 Å². The monoisotopic (exact) mass is 800 g/mol. The normalized spacial score (nSPS) is 28.4. The summed E-state index contributed by atoms with van der Waals surface area (Å²) in [6.45, 7) is 12.5. The van der Waals surface area contributed by atoms with Crippen molar-refractivity contribution < 1.29 is 53.4 Å². The fraction of sp³-hybridized carbons (Fsp3) is 0.419. The lowest BCUT2D eigenvalue weighted by Gasteiger charge is -2.38. The number of ether oxygens (including phenoxy) is 4. The van der Waals surface area contributed by atoms with Crippen molar-refractivity contribution in [2.45, 2.75) is 85.6 Å². The molecule has 1 amide bonds. The molecule has 4 aromatic rings. The number of nitrogens with one attached hydrogen (secondary N) is 1. The number of aliphatic hydroxyl groups excluding tert-OH is 3. The van der Waals surface area contributed by atoms with Crippen LogP contribution in [-0.4, -0.2) is 74.6 Å². The molecule has 0 unspecified atom stereocenters. The van der Waals surface area contributed by atoms with Crippen molar-refractivity contribution in [2.75, 3.05) is 12.4 Å². The average Bonchev–Trinajstić information content (AvgIpc) is 3.45. The molecule has 0 spiro atoms. The third-order valence-corrected chi connectivity index (χ3v) is 11.4. The molecule has 0 saturated heterocycles. The summed E-state index contributed by atoms with van der Waals surface area (Å²) in [6.07, 6.45) is 3.52. The number of aromatic hydroxyl groups is 1. The van der Waals surface area contributed by atoms with Gasteiger partial charge in [0.15, 0.2) is 22.4 Å². The molecular weight excluding hydrogens is 752 g/mol. The highest BCUT2D eigenvalue weighted by Gasteiger charge is 2.44. The second-order valence-corrected chi connectivity index (χ2v) is 15.3. The summed E-state index contributed by atoms with van der Waals surface area (Å²) in [5.74, 6) is -6.89.